The molecule has 0 aliphatic carbocycles. The molecule has 0 aromatic heterocycles. The number of benzene rings is 2. The van der Waals surface area contributed by atoms with Crippen molar-refractivity contribution in [2.24, 2.45) is 0 Å². The Balaban J connectivity index is 1.86. The number of amides is 1. The molecule has 0 heterocycles. The molecule has 21 heavy (non-hydrogen) atoms. The molecular formula is C17H20N2O2. The van der Waals surface area contributed by atoms with Crippen LogP contribution in [0.5, 0.6) is 0 Å². The highest BCUT2D eigenvalue weighted by atomic mass is 16.5. The zero-order valence-electron chi connectivity index (χ0n) is 12.1. The highest BCUT2D eigenvalue weighted by Crippen LogP contribution is 2.14. The number of rotatable bonds is 7. The van der Waals surface area contributed by atoms with Crippen molar-refractivity contribution < 1.29 is 9.53 Å². The van der Waals surface area contributed by atoms with Gasteiger partial charge in [-0.05, 0) is 42.8 Å². The third-order valence-electron chi connectivity index (χ3n) is 3.03. The van der Waals surface area contributed by atoms with Crippen molar-refractivity contribution in [1.29, 1.82) is 0 Å². The van der Waals surface area contributed by atoms with E-state index in [1.54, 1.807) is 19.2 Å². The molecule has 2 aromatic carbocycles. The minimum atomic E-state index is -0.101. The predicted molar refractivity (Wildman–Crippen MR) is 85.8 cm³/mol. The van der Waals surface area contributed by atoms with E-state index in [1.807, 2.05) is 42.5 Å². The van der Waals surface area contributed by atoms with E-state index in [0.717, 1.165) is 30.9 Å². The van der Waals surface area contributed by atoms with Crippen LogP contribution < -0.4 is 10.6 Å². The summed E-state index contributed by atoms with van der Waals surface area (Å²) >= 11 is 0. The zero-order valence-corrected chi connectivity index (χ0v) is 12.1. The molecule has 0 unspecified atom stereocenters. The smallest absolute Gasteiger partial charge is 0.255 e. The quantitative estimate of drug-likeness (QED) is 0.766. The first kappa shape index (κ1) is 15.1. The van der Waals surface area contributed by atoms with Crippen LogP contribution in [0.1, 0.15) is 16.8 Å². The lowest BCUT2D eigenvalue weighted by Crippen LogP contribution is -2.11. The largest absolute Gasteiger partial charge is 0.385 e. The monoisotopic (exact) mass is 284 g/mol. The van der Waals surface area contributed by atoms with E-state index in [9.17, 15) is 4.79 Å². The van der Waals surface area contributed by atoms with Crippen molar-refractivity contribution in [1.82, 2.24) is 0 Å². The van der Waals surface area contributed by atoms with Crippen LogP contribution in [0.25, 0.3) is 0 Å². The number of hydrogen-bond donors (Lipinski definition) is 2. The minimum Gasteiger partial charge on any atom is -0.385 e. The predicted octanol–water partition coefficient (Wildman–Crippen LogP) is 3.39. The number of carbonyl (C=O) groups is 1. The Morgan fingerprint density at radius 1 is 1.00 bits per heavy atom. The van der Waals surface area contributed by atoms with Crippen molar-refractivity contribution >= 4 is 17.3 Å². The van der Waals surface area contributed by atoms with Gasteiger partial charge in [-0.25, -0.2) is 0 Å². The van der Waals surface area contributed by atoms with Crippen LogP contribution in [0.2, 0.25) is 0 Å². The van der Waals surface area contributed by atoms with Crippen molar-refractivity contribution in [2.75, 3.05) is 30.9 Å². The van der Waals surface area contributed by atoms with E-state index in [0.29, 0.717) is 5.56 Å². The fourth-order valence-corrected chi connectivity index (χ4v) is 1.91. The van der Waals surface area contributed by atoms with E-state index in [4.69, 9.17) is 4.74 Å². The molecule has 4 nitrogen and oxygen atoms in total. The Kier molecular flexibility index (Phi) is 5.79. The van der Waals surface area contributed by atoms with E-state index in [1.165, 1.54) is 0 Å². The number of ether oxygens (including phenoxy) is 1. The third-order valence-corrected chi connectivity index (χ3v) is 3.03. The molecule has 0 bridgehead atoms. The number of nitrogens with one attached hydrogen (secondary N) is 2. The van der Waals surface area contributed by atoms with Gasteiger partial charge in [-0.2, -0.15) is 0 Å². The highest BCUT2D eigenvalue weighted by molar-refractivity contribution is 6.04. The summed E-state index contributed by atoms with van der Waals surface area (Å²) in [5, 5.41) is 6.17. The summed E-state index contributed by atoms with van der Waals surface area (Å²) < 4.78 is 5.00. The lowest BCUT2D eigenvalue weighted by molar-refractivity contribution is 0.102. The first-order chi connectivity index (χ1) is 10.3. The molecular weight excluding hydrogens is 264 g/mol. The molecule has 0 saturated carbocycles. The van der Waals surface area contributed by atoms with Crippen molar-refractivity contribution in [2.45, 2.75) is 6.42 Å². The van der Waals surface area contributed by atoms with E-state index < -0.39 is 0 Å². The lowest BCUT2D eigenvalue weighted by atomic mass is 10.2. The Labute approximate surface area is 125 Å². The van der Waals surface area contributed by atoms with E-state index >= 15 is 0 Å². The third kappa shape index (κ3) is 4.93. The Morgan fingerprint density at radius 2 is 1.67 bits per heavy atom. The van der Waals surface area contributed by atoms with Crippen LogP contribution in [0.4, 0.5) is 11.4 Å². The van der Waals surface area contributed by atoms with Gasteiger partial charge in [-0.15, -0.1) is 0 Å². The van der Waals surface area contributed by atoms with Crippen molar-refractivity contribution in [3.63, 3.8) is 0 Å². The van der Waals surface area contributed by atoms with Crippen LogP contribution >= 0.6 is 0 Å². The summed E-state index contributed by atoms with van der Waals surface area (Å²) in [7, 11) is 1.70. The van der Waals surface area contributed by atoms with Gasteiger partial charge in [-0.3, -0.25) is 4.79 Å². The maximum Gasteiger partial charge on any atom is 0.255 e. The number of carbonyl (C=O) groups excluding carboxylic acids is 1. The zero-order chi connectivity index (χ0) is 14.9. The Bertz CT molecular complexity index is 553. The second-order valence-electron chi connectivity index (χ2n) is 4.67. The van der Waals surface area contributed by atoms with Gasteiger partial charge in [0.05, 0.1) is 0 Å². The second-order valence-corrected chi connectivity index (χ2v) is 4.67. The maximum atomic E-state index is 12.0. The van der Waals surface area contributed by atoms with Gasteiger partial charge in [0.15, 0.2) is 0 Å². The SMILES string of the molecule is COCCCNc1ccc(NC(=O)c2ccccc2)cc1. The molecule has 2 rings (SSSR count). The molecule has 2 aromatic rings. The molecule has 0 saturated heterocycles. The molecule has 0 fully saturated rings. The van der Waals surface area contributed by atoms with Crippen LogP contribution in [0, 0.1) is 0 Å². The number of anilines is 2. The standard InChI is InChI=1S/C17H20N2O2/c1-21-13-5-12-18-15-8-10-16(11-9-15)19-17(20)14-6-3-2-4-7-14/h2-4,6-11,18H,5,12-13H2,1H3,(H,19,20). The van der Waals surface area contributed by atoms with Crippen LogP contribution in [0.3, 0.4) is 0 Å². The maximum absolute atomic E-state index is 12.0. The summed E-state index contributed by atoms with van der Waals surface area (Å²) in [6.07, 6.45) is 0.961. The molecule has 0 spiro atoms. The molecule has 2 N–H and O–H groups in total. The molecule has 0 radical (unpaired) electrons. The molecule has 1 amide bonds. The highest BCUT2D eigenvalue weighted by Gasteiger charge is 2.04. The summed E-state index contributed by atoms with van der Waals surface area (Å²) in [6.45, 7) is 1.61. The van der Waals surface area contributed by atoms with Gasteiger partial charge in [0.25, 0.3) is 5.91 Å². The van der Waals surface area contributed by atoms with E-state index in [-0.39, 0.29) is 5.91 Å². The van der Waals surface area contributed by atoms with Gasteiger partial charge >= 0.3 is 0 Å². The second kappa shape index (κ2) is 8.07. The average molecular weight is 284 g/mol. The lowest BCUT2D eigenvalue weighted by Gasteiger charge is -2.08. The normalized spacial score (nSPS) is 10.1. The topological polar surface area (TPSA) is 50.4 Å². The number of methoxy groups -OCH3 is 1. The Morgan fingerprint density at radius 3 is 2.33 bits per heavy atom. The molecule has 0 atom stereocenters. The van der Waals surface area contributed by atoms with Crippen molar-refractivity contribution in [3.8, 4) is 0 Å². The minimum absolute atomic E-state index is 0.101. The first-order valence-corrected chi connectivity index (χ1v) is 6.99. The molecule has 0 aliphatic rings. The molecule has 110 valence electrons. The van der Waals surface area contributed by atoms with Gasteiger partial charge in [0.2, 0.25) is 0 Å². The molecule has 4 heteroatoms. The van der Waals surface area contributed by atoms with Gasteiger partial charge in [-0.1, -0.05) is 18.2 Å². The fraction of sp³-hybridized carbons (Fsp3) is 0.235. The van der Waals surface area contributed by atoms with Crippen LogP contribution in [0.15, 0.2) is 54.6 Å². The van der Waals surface area contributed by atoms with Gasteiger partial charge in [0.1, 0.15) is 0 Å². The first-order valence-electron chi connectivity index (χ1n) is 6.99. The summed E-state index contributed by atoms with van der Waals surface area (Å²) in [5.41, 5.74) is 2.47. The van der Waals surface area contributed by atoms with Gasteiger partial charge < -0.3 is 15.4 Å². The number of hydrogen-bond acceptors (Lipinski definition) is 3. The van der Waals surface area contributed by atoms with Crippen molar-refractivity contribution in [3.05, 3.63) is 60.2 Å². The van der Waals surface area contributed by atoms with Crippen LogP contribution in [-0.2, 0) is 4.74 Å². The summed E-state index contributed by atoms with van der Waals surface area (Å²) in [4.78, 5) is 12.0. The van der Waals surface area contributed by atoms with E-state index in [2.05, 4.69) is 10.6 Å². The average Bonchev–Trinajstić information content (AvgIpc) is 2.54. The van der Waals surface area contributed by atoms with Gasteiger partial charge in [0, 0.05) is 37.2 Å². The fourth-order valence-electron chi connectivity index (χ4n) is 1.91. The summed E-state index contributed by atoms with van der Waals surface area (Å²) in [6, 6.07) is 16.9. The summed E-state index contributed by atoms with van der Waals surface area (Å²) in [5.74, 6) is -0.101. The Hall–Kier alpha value is -2.33. The van der Waals surface area contributed by atoms with Crippen LogP contribution in [-0.4, -0.2) is 26.2 Å². The molecule has 0 aliphatic heterocycles.